The van der Waals surface area contributed by atoms with E-state index in [1.165, 1.54) is 0 Å². The van der Waals surface area contributed by atoms with Gasteiger partial charge >= 0.3 is 0 Å². The fraction of sp³-hybridized carbons (Fsp3) is 0.231. The van der Waals surface area contributed by atoms with Crippen molar-refractivity contribution in [2.75, 3.05) is 18.4 Å². The Morgan fingerprint density at radius 2 is 1.75 bits per heavy atom. The summed E-state index contributed by atoms with van der Waals surface area (Å²) in [4.78, 5) is 27.4. The third kappa shape index (κ3) is 5.48. The number of aryl methyl sites for hydroxylation is 1. The summed E-state index contributed by atoms with van der Waals surface area (Å²) in [6, 6.07) is 22.0. The molecule has 1 saturated heterocycles. The average Bonchev–Trinajstić information content (AvgIpc) is 2.80. The van der Waals surface area contributed by atoms with E-state index in [0.29, 0.717) is 35.1 Å². The second-order valence-corrected chi connectivity index (χ2v) is 8.47. The first-order valence-electron chi connectivity index (χ1n) is 10.7. The minimum absolute atomic E-state index is 0.0724. The van der Waals surface area contributed by atoms with E-state index in [0.717, 1.165) is 24.2 Å². The molecule has 1 atom stereocenters. The van der Waals surface area contributed by atoms with Crippen LogP contribution in [0.1, 0.15) is 28.8 Å². The summed E-state index contributed by atoms with van der Waals surface area (Å²) < 4.78 is 5.86. The zero-order valence-corrected chi connectivity index (χ0v) is 18.6. The molecule has 0 bridgehead atoms. The molecule has 6 heteroatoms. The first-order valence-corrected chi connectivity index (χ1v) is 11.1. The minimum Gasteiger partial charge on any atom is -0.457 e. The van der Waals surface area contributed by atoms with Gasteiger partial charge in [0.05, 0.1) is 5.92 Å². The number of hydrogen-bond acceptors (Lipinski definition) is 3. The lowest BCUT2D eigenvalue weighted by molar-refractivity contribution is -0.121. The summed E-state index contributed by atoms with van der Waals surface area (Å²) in [6.07, 6.45) is 1.55. The maximum atomic E-state index is 12.8. The molecule has 3 aromatic carbocycles. The lowest BCUT2D eigenvalue weighted by atomic mass is 9.96. The first kappa shape index (κ1) is 21.9. The van der Waals surface area contributed by atoms with Crippen LogP contribution >= 0.6 is 11.6 Å². The summed E-state index contributed by atoms with van der Waals surface area (Å²) in [5.74, 6) is 1.08. The summed E-state index contributed by atoms with van der Waals surface area (Å²) in [5, 5.41) is 3.56. The lowest BCUT2D eigenvalue weighted by Gasteiger charge is -2.32. The number of amides is 2. The number of halogens is 1. The molecule has 1 fully saturated rings. The van der Waals surface area contributed by atoms with Crippen molar-refractivity contribution >= 4 is 29.1 Å². The summed E-state index contributed by atoms with van der Waals surface area (Å²) in [6.45, 7) is 3.07. The van der Waals surface area contributed by atoms with E-state index < -0.39 is 0 Å². The van der Waals surface area contributed by atoms with Crippen LogP contribution in [0.25, 0.3) is 0 Å². The van der Waals surface area contributed by atoms with Gasteiger partial charge in [-0.05, 0) is 86.0 Å². The molecule has 32 heavy (non-hydrogen) atoms. The van der Waals surface area contributed by atoms with Gasteiger partial charge < -0.3 is 15.0 Å². The Balaban J connectivity index is 1.34. The number of rotatable bonds is 5. The number of anilines is 1. The van der Waals surface area contributed by atoms with Gasteiger partial charge in [0.25, 0.3) is 5.91 Å². The van der Waals surface area contributed by atoms with Crippen molar-refractivity contribution in [1.82, 2.24) is 4.90 Å². The Labute approximate surface area is 193 Å². The minimum atomic E-state index is -0.247. The Kier molecular flexibility index (Phi) is 6.76. The van der Waals surface area contributed by atoms with Crippen molar-refractivity contribution in [2.45, 2.75) is 19.8 Å². The number of carbonyl (C=O) groups is 2. The Morgan fingerprint density at radius 1 is 1.00 bits per heavy atom. The third-order valence-corrected chi connectivity index (χ3v) is 5.77. The molecule has 0 aromatic heterocycles. The van der Waals surface area contributed by atoms with Crippen molar-refractivity contribution in [2.24, 2.45) is 5.92 Å². The molecule has 0 saturated carbocycles. The molecule has 164 valence electrons. The summed E-state index contributed by atoms with van der Waals surface area (Å²) in [7, 11) is 0. The molecule has 1 heterocycles. The van der Waals surface area contributed by atoms with Crippen LogP contribution in [0, 0.1) is 12.8 Å². The van der Waals surface area contributed by atoms with Gasteiger partial charge in [-0.25, -0.2) is 0 Å². The maximum absolute atomic E-state index is 12.8. The predicted octanol–water partition coefficient (Wildman–Crippen LogP) is 5.93. The molecule has 1 N–H and O–H groups in total. The molecular weight excluding hydrogens is 424 g/mol. The van der Waals surface area contributed by atoms with Crippen LogP contribution in [0.5, 0.6) is 11.5 Å². The van der Waals surface area contributed by atoms with Crippen LogP contribution in [0.2, 0.25) is 5.02 Å². The highest BCUT2D eigenvalue weighted by molar-refractivity contribution is 6.30. The van der Waals surface area contributed by atoms with Crippen molar-refractivity contribution < 1.29 is 14.3 Å². The van der Waals surface area contributed by atoms with Crippen molar-refractivity contribution in [3.63, 3.8) is 0 Å². The van der Waals surface area contributed by atoms with Gasteiger partial charge in [0.2, 0.25) is 5.91 Å². The predicted molar refractivity (Wildman–Crippen MR) is 126 cm³/mol. The molecule has 5 nitrogen and oxygen atoms in total. The number of carbonyl (C=O) groups excluding carboxylic acids is 2. The van der Waals surface area contributed by atoms with Gasteiger partial charge in [-0.1, -0.05) is 23.7 Å². The maximum Gasteiger partial charge on any atom is 0.253 e. The molecule has 4 rings (SSSR count). The Bertz CT molecular complexity index is 1100. The van der Waals surface area contributed by atoms with Crippen LogP contribution in [0.4, 0.5) is 5.69 Å². The van der Waals surface area contributed by atoms with E-state index >= 15 is 0 Å². The molecule has 0 aliphatic carbocycles. The standard InChI is InChI=1S/C26H25ClN2O3/c1-18-4-2-6-24(16-18)32-23-13-11-22(12-14-23)28-25(30)20-5-3-15-29(17-20)26(31)19-7-9-21(27)10-8-19/h2,4,6-14,16,20H,3,5,15,17H2,1H3,(H,28,30). The topological polar surface area (TPSA) is 58.6 Å². The van der Waals surface area contributed by atoms with Gasteiger partial charge in [0.1, 0.15) is 11.5 Å². The Hall–Kier alpha value is -3.31. The highest BCUT2D eigenvalue weighted by Gasteiger charge is 2.29. The number of nitrogens with zero attached hydrogens (tertiary/aromatic N) is 1. The molecular formula is C26H25ClN2O3. The van der Waals surface area contributed by atoms with Crippen LogP contribution in [0.15, 0.2) is 72.8 Å². The number of hydrogen-bond donors (Lipinski definition) is 1. The van der Waals surface area contributed by atoms with Crippen molar-refractivity contribution in [1.29, 1.82) is 0 Å². The SMILES string of the molecule is Cc1cccc(Oc2ccc(NC(=O)C3CCCN(C(=O)c4ccc(Cl)cc4)C3)cc2)c1. The second-order valence-electron chi connectivity index (χ2n) is 8.03. The molecule has 1 unspecified atom stereocenters. The van der Waals surface area contributed by atoms with E-state index in [9.17, 15) is 9.59 Å². The fourth-order valence-electron chi connectivity index (χ4n) is 3.82. The number of nitrogens with one attached hydrogen (secondary N) is 1. The smallest absolute Gasteiger partial charge is 0.253 e. The van der Waals surface area contributed by atoms with Gasteiger partial charge in [0.15, 0.2) is 0 Å². The second kappa shape index (κ2) is 9.88. The monoisotopic (exact) mass is 448 g/mol. The molecule has 3 aromatic rings. The van der Waals surface area contributed by atoms with Crippen molar-refractivity contribution in [3.8, 4) is 11.5 Å². The van der Waals surface area contributed by atoms with Gasteiger partial charge in [-0.15, -0.1) is 0 Å². The van der Waals surface area contributed by atoms with E-state index in [1.54, 1.807) is 29.2 Å². The number of benzene rings is 3. The normalized spacial score (nSPS) is 15.8. The zero-order valence-electron chi connectivity index (χ0n) is 17.9. The molecule has 1 aliphatic heterocycles. The van der Waals surface area contributed by atoms with Crippen LogP contribution in [-0.2, 0) is 4.79 Å². The van der Waals surface area contributed by atoms with Gasteiger partial charge in [-0.3, -0.25) is 9.59 Å². The van der Waals surface area contributed by atoms with E-state index in [-0.39, 0.29) is 17.7 Å². The first-order chi connectivity index (χ1) is 15.5. The quantitative estimate of drug-likeness (QED) is 0.526. The van der Waals surface area contributed by atoms with E-state index in [1.807, 2.05) is 55.5 Å². The molecule has 0 radical (unpaired) electrons. The van der Waals surface area contributed by atoms with Crippen molar-refractivity contribution in [3.05, 3.63) is 88.9 Å². The Morgan fingerprint density at radius 3 is 2.47 bits per heavy atom. The molecule has 0 spiro atoms. The number of ether oxygens (including phenoxy) is 1. The van der Waals surface area contributed by atoms with Gasteiger partial charge in [-0.2, -0.15) is 0 Å². The van der Waals surface area contributed by atoms with E-state index in [4.69, 9.17) is 16.3 Å². The zero-order chi connectivity index (χ0) is 22.5. The van der Waals surface area contributed by atoms with Crippen LogP contribution < -0.4 is 10.1 Å². The summed E-state index contributed by atoms with van der Waals surface area (Å²) in [5.41, 5.74) is 2.41. The van der Waals surface area contributed by atoms with Crippen LogP contribution in [0.3, 0.4) is 0 Å². The number of likely N-dealkylation sites (tertiary alicyclic amines) is 1. The largest absolute Gasteiger partial charge is 0.457 e. The third-order valence-electron chi connectivity index (χ3n) is 5.52. The summed E-state index contributed by atoms with van der Waals surface area (Å²) >= 11 is 5.91. The molecule has 2 amide bonds. The van der Waals surface area contributed by atoms with Gasteiger partial charge in [0, 0.05) is 29.4 Å². The lowest BCUT2D eigenvalue weighted by Crippen LogP contribution is -2.43. The van der Waals surface area contributed by atoms with E-state index in [2.05, 4.69) is 5.32 Å². The fourth-order valence-corrected chi connectivity index (χ4v) is 3.94. The van der Waals surface area contributed by atoms with Crippen LogP contribution in [-0.4, -0.2) is 29.8 Å². The highest BCUT2D eigenvalue weighted by atomic mass is 35.5. The molecule has 1 aliphatic rings. The highest BCUT2D eigenvalue weighted by Crippen LogP contribution is 2.25. The average molecular weight is 449 g/mol. The number of piperidine rings is 1.